The lowest BCUT2D eigenvalue weighted by Crippen LogP contribution is -2.46. The summed E-state index contributed by atoms with van der Waals surface area (Å²) in [5, 5.41) is 11.1. The van der Waals surface area contributed by atoms with Gasteiger partial charge in [-0.25, -0.2) is 4.98 Å². The minimum Gasteiger partial charge on any atom is -0.381 e. The van der Waals surface area contributed by atoms with Gasteiger partial charge < -0.3 is 20.7 Å². The molecule has 0 bridgehead atoms. The normalized spacial score (nSPS) is 14.5. The Kier molecular flexibility index (Phi) is 8.93. The number of imidazole rings is 1. The van der Waals surface area contributed by atoms with E-state index >= 15 is 0 Å². The van der Waals surface area contributed by atoms with E-state index in [9.17, 15) is 4.79 Å². The molecule has 0 radical (unpaired) electrons. The number of nitrogens with one attached hydrogen (secondary N) is 3. The van der Waals surface area contributed by atoms with Gasteiger partial charge in [-0.1, -0.05) is 47.5 Å². The standard InChI is InChI=1S/C28H29Cl2N7O2/c29-22-6-4-19(5-7-22)16-32-27(38)26(21-8-12-39-13-9-21)34-24-15-25(37-11-10-31-18-37)36-28(35-24)33-17-20-2-1-3-23(30)14-20/h1-7,10-11,14-15,18,21,26H,8-9,12-13,16-17H2,(H,32,38)(H2,33,34,35,36). The molecule has 202 valence electrons. The Bertz CT molecular complexity index is 1380. The number of hydrogen-bond donors (Lipinski definition) is 3. The number of benzene rings is 2. The zero-order valence-electron chi connectivity index (χ0n) is 21.2. The van der Waals surface area contributed by atoms with E-state index < -0.39 is 6.04 Å². The van der Waals surface area contributed by atoms with Crippen molar-refractivity contribution in [2.75, 3.05) is 23.8 Å². The predicted octanol–water partition coefficient (Wildman–Crippen LogP) is 5.10. The van der Waals surface area contributed by atoms with E-state index in [2.05, 4.69) is 25.9 Å². The Morgan fingerprint density at radius 2 is 1.82 bits per heavy atom. The summed E-state index contributed by atoms with van der Waals surface area (Å²) in [5.41, 5.74) is 1.96. The molecule has 1 unspecified atom stereocenters. The van der Waals surface area contributed by atoms with Crippen LogP contribution in [0.2, 0.25) is 10.0 Å². The van der Waals surface area contributed by atoms with E-state index in [1.54, 1.807) is 17.1 Å². The average molecular weight is 566 g/mol. The highest BCUT2D eigenvalue weighted by molar-refractivity contribution is 6.30. The quantitative estimate of drug-likeness (QED) is 0.245. The van der Waals surface area contributed by atoms with Crippen molar-refractivity contribution < 1.29 is 9.53 Å². The smallest absolute Gasteiger partial charge is 0.243 e. The number of halogens is 2. The van der Waals surface area contributed by atoms with Gasteiger partial charge in [0.2, 0.25) is 11.9 Å². The fourth-order valence-corrected chi connectivity index (χ4v) is 4.79. The number of carbonyl (C=O) groups is 1. The van der Waals surface area contributed by atoms with Crippen molar-refractivity contribution in [1.82, 2.24) is 24.8 Å². The summed E-state index contributed by atoms with van der Waals surface area (Å²) in [6.45, 7) is 2.11. The van der Waals surface area contributed by atoms with Gasteiger partial charge in [0.15, 0.2) is 0 Å². The zero-order valence-corrected chi connectivity index (χ0v) is 22.7. The molecule has 1 aliphatic rings. The Morgan fingerprint density at radius 1 is 1.00 bits per heavy atom. The van der Waals surface area contributed by atoms with Crippen molar-refractivity contribution in [3.63, 3.8) is 0 Å². The van der Waals surface area contributed by atoms with Crippen molar-refractivity contribution >= 4 is 40.9 Å². The summed E-state index contributed by atoms with van der Waals surface area (Å²) < 4.78 is 7.36. The SMILES string of the molecule is O=C(NCc1ccc(Cl)cc1)C(Nc1cc(-n2ccnc2)nc(NCc2cccc(Cl)c2)n1)C1CCOCC1. The lowest BCUT2D eigenvalue weighted by molar-refractivity contribution is -0.123. The third-order valence-corrected chi connectivity index (χ3v) is 7.01. The third kappa shape index (κ3) is 7.47. The Hall–Kier alpha value is -3.66. The first-order valence-electron chi connectivity index (χ1n) is 12.8. The molecular formula is C28H29Cl2N7O2. The third-order valence-electron chi connectivity index (χ3n) is 6.52. The molecule has 0 saturated carbocycles. The van der Waals surface area contributed by atoms with Crippen molar-refractivity contribution in [3.05, 3.63) is 94.5 Å². The van der Waals surface area contributed by atoms with Crippen molar-refractivity contribution in [2.45, 2.75) is 32.0 Å². The number of ether oxygens (including phenoxy) is 1. The van der Waals surface area contributed by atoms with Gasteiger partial charge in [0.25, 0.3) is 0 Å². The fourth-order valence-electron chi connectivity index (χ4n) is 4.45. The van der Waals surface area contributed by atoms with E-state index in [4.69, 9.17) is 32.9 Å². The first-order chi connectivity index (χ1) is 19.0. The van der Waals surface area contributed by atoms with Crippen molar-refractivity contribution in [2.24, 2.45) is 5.92 Å². The molecule has 3 N–H and O–H groups in total. The first-order valence-corrected chi connectivity index (χ1v) is 13.5. The van der Waals surface area contributed by atoms with Gasteiger partial charge in [-0.3, -0.25) is 9.36 Å². The molecular weight excluding hydrogens is 537 g/mol. The van der Waals surface area contributed by atoms with E-state index in [1.165, 1.54) is 0 Å². The maximum absolute atomic E-state index is 13.5. The first kappa shape index (κ1) is 26.9. The van der Waals surface area contributed by atoms with Crippen LogP contribution in [0.15, 0.2) is 73.3 Å². The summed E-state index contributed by atoms with van der Waals surface area (Å²) in [5.74, 6) is 1.54. The highest BCUT2D eigenvalue weighted by atomic mass is 35.5. The molecule has 4 aromatic rings. The molecule has 1 fully saturated rings. The highest BCUT2D eigenvalue weighted by Gasteiger charge is 2.30. The predicted molar refractivity (Wildman–Crippen MR) is 152 cm³/mol. The van der Waals surface area contributed by atoms with Crippen LogP contribution in [0.3, 0.4) is 0 Å². The second kappa shape index (κ2) is 12.9. The lowest BCUT2D eigenvalue weighted by atomic mass is 9.91. The van der Waals surface area contributed by atoms with Gasteiger partial charge in [0, 0.05) is 54.8 Å². The minimum atomic E-state index is -0.507. The van der Waals surface area contributed by atoms with Crippen LogP contribution in [0.1, 0.15) is 24.0 Å². The summed E-state index contributed by atoms with van der Waals surface area (Å²) in [6.07, 6.45) is 6.70. The molecule has 39 heavy (non-hydrogen) atoms. The monoisotopic (exact) mass is 565 g/mol. The van der Waals surface area contributed by atoms with E-state index in [1.807, 2.05) is 60.8 Å². The van der Waals surface area contributed by atoms with Gasteiger partial charge in [-0.15, -0.1) is 0 Å². The molecule has 1 amide bonds. The summed E-state index contributed by atoms with van der Waals surface area (Å²) in [7, 11) is 0. The number of hydrogen-bond acceptors (Lipinski definition) is 7. The van der Waals surface area contributed by atoms with E-state index in [0.717, 1.165) is 24.0 Å². The summed E-state index contributed by atoms with van der Waals surface area (Å²) in [6, 6.07) is 16.3. The second-order valence-corrected chi connectivity index (χ2v) is 10.2. The number of nitrogens with zero attached hydrogens (tertiary/aromatic N) is 4. The van der Waals surface area contributed by atoms with E-state index in [0.29, 0.717) is 53.9 Å². The van der Waals surface area contributed by atoms with Gasteiger partial charge >= 0.3 is 0 Å². The fraction of sp³-hybridized carbons (Fsp3) is 0.286. The van der Waals surface area contributed by atoms with E-state index in [-0.39, 0.29) is 11.8 Å². The second-order valence-electron chi connectivity index (χ2n) is 9.30. The topological polar surface area (TPSA) is 106 Å². The van der Waals surface area contributed by atoms with Gasteiger partial charge in [0.1, 0.15) is 24.0 Å². The summed E-state index contributed by atoms with van der Waals surface area (Å²) in [4.78, 5) is 27.0. The lowest BCUT2D eigenvalue weighted by Gasteiger charge is -2.30. The van der Waals surface area contributed by atoms with Crippen LogP contribution in [-0.4, -0.2) is 44.7 Å². The maximum Gasteiger partial charge on any atom is 0.243 e. The van der Waals surface area contributed by atoms with Crippen LogP contribution in [-0.2, 0) is 22.6 Å². The Labute approximate surface area is 236 Å². The van der Waals surface area contributed by atoms with Crippen LogP contribution in [0.5, 0.6) is 0 Å². The molecule has 1 aliphatic heterocycles. The average Bonchev–Trinajstić information content (AvgIpc) is 3.50. The molecule has 1 atom stereocenters. The minimum absolute atomic E-state index is 0.0819. The van der Waals surface area contributed by atoms with Crippen LogP contribution in [0, 0.1) is 5.92 Å². The summed E-state index contributed by atoms with van der Waals surface area (Å²) >= 11 is 12.2. The van der Waals surface area contributed by atoms with Crippen molar-refractivity contribution in [3.8, 4) is 5.82 Å². The van der Waals surface area contributed by atoms with Crippen LogP contribution >= 0.6 is 23.2 Å². The van der Waals surface area contributed by atoms with Gasteiger partial charge in [0.05, 0.1) is 0 Å². The van der Waals surface area contributed by atoms with Gasteiger partial charge in [-0.05, 0) is 54.2 Å². The molecule has 5 rings (SSSR count). The molecule has 3 heterocycles. The van der Waals surface area contributed by atoms with Crippen LogP contribution in [0.4, 0.5) is 11.8 Å². The largest absolute Gasteiger partial charge is 0.381 e. The molecule has 2 aromatic heterocycles. The highest BCUT2D eigenvalue weighted by Crippen LogP contribution is 2.24. The van der Waals surface area contributed by atoms with Crippen LogP contribution < -0.4 is 16.0 Å². The Balaban J connectivity index is 1.37. The van der Waals surface area contributed by atoms with Gasteiger partial charge in [-0.2, -0.15) is 9.97 Å². The molecule has 0 aliphatic carbocycles. The molecule has 0 spiro atoms. The maximum atomic E-state index is 13.5. The number of carbonyl (C=O) groups excluding carboxylic acids is 1. The molecule has 1 saturated heterocycles. The number of aromatic nitrogens is 4. The molecule has 2 aromatic carbocycles. The Morgan fingerprint density at radius 3 is 2.56 bits per heavy atom. The zero-order chi connectivity index (χ0) is 27.0. The molecule has 11 heteroatoms. The van der Waals surface area contributed by atoms with Crippen molar-refractivity contribution in [1.29, 1.82) is 0 Å². The number of anilines is 2. The number of amides is 1. The van der Waals surface area contributed by atoms with Crippen LogP contribution in [0.25, 0.3) is 5.82 Å². The number of rotatable bonds is 10. The molecule has 9 nitrogen and oxygen atoms in total.